The Morgan fingerprint density at radius 2 is 1.91 bits per heavy atom. The van der Waals surface area contributed by atoms with Gasteiger partial charge in [0.05, 0.1) is 20.3 Å². The van der Waals surface area contributed by atoms with Crippen LogP contribution in [-0.2, 0) is 29.6 Å². The molecule has 0 bridgehead atoms. The Kier molecular flexibility index (Phi) is 6.40. The van der Waals surface area contributed by atoms with E-state index in [1.807, 2.05) is 18.2 Å². The molecule has 0 spiro atoms. The number of fused-ring (bicyclic) bond motifs is 1. The maximum Gasteiger partial charge on any atom is 0.345 e. The highest BCUT2D eigenvalue weighted by Gasteiger charge is 2.48. The summed E-state index contributed by atoms with van der Waals surface area (Å²) in [6.07, 6.45) is 2.67. The van der Waals surface area contributed by atoms with Crippen molar-refractivity contribution in [1.82, 2.24) is 0 Å². The van der Waals surface area contributed by atoms with E-state index < -0.39 is 19.2 Å². The first-order valence-electron chi connectivity index (χ1n) is 8.11. The average Bonchev–Trinajstić information content (AvgIpc) is 2.55. The molecular formula is C17H25O5P. The predicted octanol–water partition coefficient (Wildman–Crippen LogP) is 3.91. The van der Waals surface area contributed by atoms with E-state index in [9.17, 15) is 9.36 Å². The molecule has 128 valence electrons. The highest BCUT2D eigenvalue weighted by Crippen LogP contribution is 2.59. The number of esters is 1. The molecule has 5 nitrogen and oxygen atoms in total. The van der Waals surface area contributed by atoms with Gasteiger partial charge in [0.15, 0.2) is 5.66 Å². The van der Waals surface area contributed by atoms with E-state index in [-0.39, 0.29) is 19.1 Å². The molecule has 6 heteroatoms. The summed E-state index contributed by atoms with van der Waals surface area (Å²) in [6, 6.07) is 7.98. The molecular weight excluding hydrogens is 315 g/mol. The third kappa shape index (κ3) is 3.85. The van der Waals surface area contributed by atoms with E-state index in [1.165, 1.54) is 12.7 Å². The van der Waals surface area contributed by atoms with Gasteiger partial charge in [0.25, 0.3) is 0 Å². The van der Waals surface area contributed by atoms with Gasteiger partial charge in [-0.15, -0.1) is 0 Å². The van der Waals surface area contributed by atoms with Gasteiger partial charge in [-0.25, -0.2) is 0 Å². The lowest BCUT2D eigenvalue weighted by Crippen LogP contribution is -2.33. The molecule has 2 unspecified atom stereocenters. The smallest absolute Gasteiger partial charge is 0.345 e. The quantitative estimate of drug-likeness (QED) is 0.556. The van der Waals surface area contributed by atoms with Crippen molar-refractivity contribution in [3.63, 3.8) is 0 Å². The third-order valence-corrected chi connectivity index (χ3v) is 6.69. The number of aryl methyl sites for hydroxylation is 1. The summed E-state index contributed by atoms with van der Waals surface area (Å²) in [6.45, 7) is 3.93. The molecule has 0 radical (unpaired) electrons. The van der Waals surface area contributed by atoms with Gasteiger partial charge in [0.2, 0.25) is 0 Å². The first kappa shape index (κ1) is 18.2. The van der Waals surface area contributed by atoms with Gasteiger partial charge in [-0.2, -0.15) is 0 Å². The Labute approximate surface area is 137 Å². The molecule has 0 heterocycles. The fourth-order valence-corrected chi connectivity index (χ4v) is 5.54. The van der Waals surface area contributed by atoms with Crippen molar-refractivity contribution >= 4 is 13.6 Å². The summed E-state index contributed by atoms with van der Waals surface area (Å²) in [4.78, 5) is 12.5. The summed E-state index contributed by atoms with van der Waals surface area (Å²) in [5.74, 6) is -0.742. The maximum absolute atomic E-state index is 13.3. The van der Waals surface area contributed by atoms with Gasteiger partial charge in [-0.3, -0.25) is 9.36 Å². The zero-order valence-electron chi connectivity index (χ0n) is 14.0. The van der Waals surface area contributed by atoms with Crippen molar-refractivity contribution in [1.29, 1.82) is 0 Å². The first-order chi connectivity index (χ1) is 11.1. The van der Waals surface area contributed by atoms with E-state index in [4.69, 9.17) is 13.8 Å². The lowest BCUT2D eigenvalue weighted by atomic mass is 9.81. The number of hydrogen-bond acceptors (Lipinski definition) is 5. The topological polar surface area (TPSA) is 61.8 Å². The van der Waals surface area contributed by atoms with Gasteiger partial charge in [0, 0.05) is 5.92 Å². The van der Waals surface area contributed by atoms with Gasteiger partial charge < -0.3 is 13.8 Å². The Morgan fingerprint density at radius 3 is 2.52 bits per heavy atom. The van der Waals surface area contributed by atoms with Crippen LogP contribution in [0.5, 0.6) is 0 Å². The van der Waals surface area contributed by atoms with Crippen molar-refractivity contribution in [2.45, 2.75) is 44.7 Å². The Bertz CT molecular complexity index is 576. The molecule has 0 aliphatic heterocycles. The zero-order valence-corrected chi connectivity index (χ0v) is 14.9. The first-order valence-corrected chi connectivity index (χ1v) is 9.73. The van der Waals surface area contributed by atoms with Crippen LogP contribution in [0.2, 0.25) is 0 Å². The molecule has 0 saturated heterocycles. The fourth-order valence-electron chi connectivity index (χ4n) is 3.31. The van der Waals surface area contributed by atoms with E-state index in [0.29, 0.717) is 0 Å². The van der Waals surface area contributed by atoms with E-state index in [1.54, 1.807) is 13.8 Å². The predicted molar refractivity (Wildman–Crippen MR) is 88.8 cm³/mol. The number of rotatable bonds is 7. The number of methoxy groups -OCH3 is 1. The van der Waals surface area contributed by atoms with Crippen molar-refractivity contribution in [3.8, 4) is 0 Å². The summed E-state index contributed by atoms with van der Waals surface area (Å²) < 4.78 is 29.1. The van der Waals surface area contributed by atoms with Crippen molar-refractivity contribution in [3.05, 3.63) is 35.4 Å². The summed E-state index contributed by atoms with van der Waals surface area (Å²) >= 11 is 0. The maximum atomic E-state index is 13.3. The molecule has 0 amide bonds. The van der Waals surface area contributed by atoms with Crippen LogP contribution in [0.1, 0.15) is 43.7 Å². The lowest BCUT2D eigenvalue weighted by Gasteiger charge is -2.34. The van der Waals surface area contributed by atoms with E-state index >= 15 is 0 Å². The van der Waals surface area contributed by atoms with Crippen LogP contribution < -0.4 is 0 Å². The number of carbonyl (C=O) groups excluding carboxylic acids is 1. The van der Waals surface area contributed by atoms with Crippen LogP contribution in [0.15, 0.2) is 24.3 Å². The Hall–Kier alpha value is -1.16. The molecule has 0 N–H and O–H groups in total. The zero-order chi connectivity index (χ0) is 16.9. The van der Waals surface area contributed by atoms with Crippen LogP contribution in [0.4, 0.5) is 0 Å². The Morgan fingerprint density at radius 1 is 1.26 bits per heavy atom. The molecule has 2 rings (SSSR count). The van der Waals surface area contributed by atoms with Gasteiger partial charge >= 0.3 is 13.6 Å². The number of hydrogen-bond donors (Lipinski definition) is 0. The van der Waals surface area contributed by atoms with Crippen LogP contribution in [0.3, 0.4) is 0 Å². The molecule has 23 heavy (non-hydrogen) atoms. The summed E-state index contributed by atoms with van der Waals surface area (Å²) in [5, 5.41) is 0. The van der Waals surface area contributed by atoms with Crippen LogP contribution in [-0.4, -0.2) is 32.0 Å². The molecule has 2 atom stereocenters. The largest absolute Gasteiger partial charge is 0.468 e. The van der Waals surface area contributed by atoms with Crippen LogP contribution in [0, 0.1) is 0 Å². The van der Waals surface area contributed by atoms with Crippen molar-refractivity contribution in [2.75, 3.05) is 20.3 Å². The number of ether oxygens (including phenoxy) is 1. The monoisotopic (exact) mass is 340 g/mol. The van der Waals surface area contributed by atoms with Gasteiger partial charge in [-0.1, -0.05) is 24.3 Å². The van der Waals surface area contributed by atoms with Crippen LogP contribution in [0.25, 0.3) is 0 Å². The molecule has 0 fully saturated rings. The minimum Gasteiger partial charge on any atom is -0.468 e. The fraction of sp³-hybridized carbons (Fsp3) is 0.588. The second kappa shape index (κ2) is 8.09. The second-order valence-corrected chi connectivity index (χ2v) is 7.69. The molecule has 1 aliphatic rings. The van der Waals surface area contributed by atoms with E-state index in [0.717, 1.165) is 24.8 Å². The minimum atomic E-state index is -3.60. The highest BCUT2D eigenvalue weighted by atomic mass is 31.2. The molecule has 1 aromatic rings. The molecule has 0 saturated carbocycles. The van der Waals surface area contributed by atoms with Crippen molar-refractivity contribution in [2.24, 2.45) is 0 Å². The minimum absolute atomic E-state index is 0.212. The number of benzene rings is 1. The van der Waals surface area contributed by atoms with Crippen molar-refractivity contribution < 1.29 is 23.1 Å². The summed E-state index contributed by atoms with van der Waals surface area (Å²) in [7, 11) is -2.29. The molecule has 1 aliphatic carbocycles. The average molecular weight is 340 g/mol. The lowest BCUT2D eigenvalue weighted by molar-refractivity contribution is -0.141. The highest BCUT2D eigenvalue weighted by molar-refractivity contribution is 7.55. The third-order valence-electron chi connectivity index (χ3n) is 4.20. The van der Waals surface area contributed by atoms with Gasteiger partial charge in [-0.05, 0) is 44.2 Å². The number of carbonyl (C=O) groups is 1. The second-order valence-electron chi connectivity index (χ2n) is 5.54. The van der Waals surface area contributed by atoms with E-state index in [2.05, 4.69) is 6.07 Å². The van der Waals surface area contributed by atoms with Gasteiger partial charge in [0.1, 0.15) is 0 Å². The normalized spacial score (nSPS) is 19.0. The molecule has 0 aromatic heterocycles. The SMILES string of the molecule is CCOP(=O)(OCC)C(C(=O)OC)C1CCCc2ccccc21. The molecule has 1 aromatic carbocycles. The summed E-state index contributed by atoms with van der Waals surface area (Å²) in [5.41, 5.74) is 1.32. The Balaban J connectivity index is 2.47. The van der Waals surface area contributed by atoms with Crippen LogP contribution >= 0.6 is 7.60 Å². The standard InChI is InChI=1S/C17H25O5P/c1-4-21-23(19,22-5-2)16(17(18)20-3)15-12-8-10-13-9-6-7-11-14(13)15/h6-7,9,11,15-16H,4-5,8,10,12H2,1-3H3.